The van der Waals surface area contributed by atoms with Crippen LogP contribution < -0.4 is 5.32 Å². The van der Waals surface area contributed by atoms with E-state index in [-0.39, 0.29) is 0 Å². The Kier molecular flexibility index (Phi) is 4.28. The summed E-state index contributed by atoms with van der Waals surface area (Å²) >= 11 is 0. The van der Waals surface area contributed by atoms with Crippen LogP contribution in [0.5, 0.6) is 0 Å². The van der Waals surface area contributed by atoms with Gasteiger partial charge >= 0.3 is 0 Å². The van der Waals surface area contributed by atoms with Crippen LogP contribution in [-0.4, -0.2) is 12.6 Å². The summed E-state index contributed by atoms with van der Waals surface area (Å²) in [7, 11) is 0. The number of nitrogens with one attached hydrogen (secondary N) is 1. The first-order chi connectivity index (χ1) is 8.81. The Balaban J connectivity index is 1.41. The SMILES string of the molecule is CC1CCC(CNC2CCC3CCCCC3C2)C1. The highest BCUT2D eigenvalue weighted by atomic mass is 14.9. The molecular formula is C17H31N. The smallest absolute Gasteiger partial charge is 0.00700 e. The van der Waals surface area contributed by atoms with Crippen LogP contribution >= 0.6 is 0 Å². The Morgan fingerprint density at radius 1 is 0.833 bits per heavy atom. The molecule has 0 aromatic heterocycles. The summed E-state index contributed by atoms with van der Waals surface area (Å²) < 4.78 is 0. The predicted molar refractivity (Wildman–Crippen MR) is 77.6 cm³/mol. The fraction of sp³-hybridized carbons (Fsp3) is 1.00. The summed E-state index contributed by atoms with van der Waals surface area (Å²) in [4.78, 5) is 0. The minimum Gasteiger partial charge on any atom is -0.314 e. The lowest BCUT2D eigenvalue weighted by Gasteiger charge is -2.40. The van der Waals surface area contributed by atoms with E-state index in [0.717, 1.165) is 29.7 Å². The monoisotopic (exact) mass is 249 g/mol. The maximum atomic E-state index is 3.92. The van der Waals surface area contributed by atoms with Crippen molar-refractivity contribution in [3.63, 3.8) is 0 Å². The molecule has 1 nitrogen and oxygen atoms in total. The lowest BCUT2D eigenvalue weighted by atomic mass is 9.69. The van der Waals surface area contributed by atoms with Crippen LogP contribution in [0, 0.1) is 23.7 Å². The van der Waals surface area contributed by atoms with E-state index < -0.39 is 0 Å². The van der Waals surface area contributed by atoms with Crippen LogP contribution in [0.2, 0.25) is 0 Å². The molecule has 0 aromatic rings. The van der Waals surface area contributed by atoms with Crippen LogP contribution in [0.4, 0.5) is 0 Å². The molecule has 3 rings (SSSR count). The van der Waals surface area contributed by atoms with E-state index in [1.807, 2.05) is 0 Å². The van der Waals surface area contributed by atoms with Crippen molar-refractivity contribution in [1.29, 1.82) is 0 Å². The molecule has 0 spiro atoms. The Hall–Kier alpha value is -0.0400. The van der Waals surface area contributed by atoms with Gasteiger partial charge in [-0.2, -0.15) is 0 Å². The minimum atomic E-state index is 0.861. The third-order valence-corrected chi connectivity index (χ3v) is 6.04. The predicted octanol–water partition coefficient (Wildman–Crippen LogP) is 4.37. The lowest BCUT2D eigenvalue weighted by Crippen LogP contribution is -2.40. The molecule has 3 saturated carbocycles. The molecule has 18 heavy (non-hydrogen) atoms. The summed E-state index contributed by atoms with van der Waals surface area (Å²) in [5.74, 6) is 4.16. The molecule has 0 amide bonds. The number of hydrogen-bond donors (Lipinski definition) is 1. The van der Waals surface area contributed by atoms with E-state index in [9.17, 15) is 0 Å². The van der Waals surface area contributed by atoms with Crippen LogP contribution in [0.3, 0.4) is 0 Å². The van der Waals surface area contributed by atoms with Crippen molar-refractivity contribution in [2.45, 2.75) is 77.2 Å². The highest BCUT2D eigenvalue weighted by Crippen LogP contribution is 2.40. The maximum absolute atomic E-state index is 3.92. The van der Waals surface area contributed by atoms with Crippen LogP contribution in [0.1, 0.15) is 71.1 Å². The van der Waals surface area contributed by atoms with Crippen molar-refractivity contribution < 1.29 is 0 Å². The van der Waals surface area contributed by atoms with Crippen molar-refractivity contribution >= 4 is 0 Å². The van der Waals surface area contributed by atoms with Gasteiger partial charge < -0.3 is 5.32 Å². The van der Waals surface area contributed by atoms with Gasteiger partial charge in [-0.3, -0.25) is 0 Å². The fourth-order valence-electron chi connectivity index (χ4n) is 4.90. The van der Waals surface area contributed by atoms with Crippen molar-refractivity contribution in [3.05, 3.63) is 0 Å². The van der Waals surface area contributed by atoms with Crippen molar-refractivity contribution in [2.24, 2.45) is 23.7 Å². The molecule has 3 aliphatic carbocycles. The Labute approximate surface area is 113 Å². The van der Waals surface area contributed by atoms with E-state index in [1.165, 1.54) is 70.8 Å². The van der Waals surface area contributed by atoms with Gasteiger partial charge in [-0.15, -0.1) is 0 Å². The second-order valence-corrected chi connectivity index (χ2v) is 7.51. The zero-order valence-corrected chi connectivity index (χ0v) is 12.2. The average Bonchev–Trinajstić information content (AvgIpc) is 2.82. The van der Waals surface area contributed by atoms with Gasteiger partial charge in [0.2, 0.25) is 0 Å². The van der Waals surface area contributed by atoms with Gasteiger partial charge in [-0.1, -0.05) is 39.0 Å². The molecule has 0 saturated heterocycles. The van der Waals surface area contributed by atoms with Gasteiger partial charge in [0.15, 0.2) is 0 Å². The first-order valence-electron chi connectivity index (χ1n) is 8.54. The van der Waals surface area contributed by atoms with Crippen molar-refractivity contribution in [2.75, 3.05) is 6.54 Å². The zero-order chi connectivity index (χ0) is 12.4. The number of hydrogen-bond acceptors (Lipinski definition) is 1. The van der Waals surface area contributed by atoms with Gasteiger partial charge in [0.1, 0.15) is 0 Å². The minimum absolute atomic E-state index is 0.861. The summed E-state index contributed by atoms with van der Waals surface area (Å²) in [6.45, 7) is 3.74. The summed E-state index contributed by atoms with van der Waals surface area (Å²) in [6, 6.07) is 0.861. The van der Waals surface area contributed by atoms with Crippen LogP contribution in [-0.2, 0) is 0 Å². The second kappa shape index (κ2) is 5.94. The first kappa shape index (κ1) is 13.0. The largest absolute Gasteiger partial charge is 0.314 e. The molecular weight excluding hydrogens is 218 g/mol. The number of fused-ring (bicyclic) bond motifs is 1. The maximum Gasteiger partial charge on any atom is 0.00700 e. The second-order valence-electron chi connectivity index (χ2n) is 7.51. The average molecular weight is 249 g/mol. The van der Waals surface area contributed by atoms with Crippen molar-refractivity contribution in [1.82, 2.24) is 5.32 Å². The summed E-state index contributed by atoms with van der Waals surface area (Å²) in [6.07, 6.45) is 15.0. The van der Waals surface area contributed by atoms with E-state index in [0.29, 0.717) is 0 Å². The van der Waals surface area contributed by atoms with E-state index in [1.54, 1.807) is 0 Å². The van der Waals surface area contributed by atoms with Gasteiger partial charge in [-0.25, -0.2) is 0 Å². The van der Waals surface area contributed by atoms with Gasteiger partial charge in [-0.05, 0) is 62.3 Å². The fourth-order valence-corrected chi connectivity index (χ4v) is 4.90. The topological polar surface area (TPSA) is 12.0 Å². The molecule has 5 unspecified atom stereocenters. The van der Waals surface area contributed by atoms with Gasteiger partial charge in [0, 0.05) is 6.04 Å². The number of rotatable bonds is 3. The molecule has 3 fully saturated rings. The van der Waals surface area contributed by atoms with Crippen LogP contribution in [0.25, 0.3) is 0 Å². The normalized spacial score (nSPS) is 44.8. The van der Waals surface area contributed by atoms with E-state index in [2.05, 4.69) is 12.2 Å². The molecule has 0 radical (unpaired) electrons. The third-order valence-electron chi connectivity index (χ3n) is 6.04. The first-order valence-corrected chi connectivity index (χ1v) is 8.54. The highest BCUT2D eigenvalue weighted by Gasteiger charge is 2.32. The Bertz CT molecular complexity index is 262. The molecule has 0 aliphatic heterocycles. The van der Waals surface area contributed by atoms with Gasteiger partial charge in [0.05, 0.1) is 0 Å². The summed E-state index contributed by atoms with van der Waals surface area (Å²) in [5.41, 5.74) is 0. The van der Waals surface area contributed by atoms with Gasteiger partial charge in [0.25, 0.3) is 0 Å². The highest BCUT2D eigenvalue weighted by molar-refractivity contribution is 4.87. The van der Waals surface area contributed by atoms with E-state index in [4.69, 9.17) is 0 Å². The molecule has 0 heterocycles. The molecule has 0 aromatic carbocycles. The third kappa shape index (κ3) is 3.10. The quantitative estimate of drug-likeness (QED) is 0.783. The standard InChI is InChI=1S/C17H31N/c1-13-6-7-14(10-13)12-18-17-9-8-15-4-2-3-5-16(15)11-17/h13-18H,2-12H2,1H3. The molecule has 0 bridgehead atoms. The Morgan fingerprint density at radius 3 is 2.44 bits per heavy atom. The molecule has 5 atom stereocenters. The van der Waals surface area contributed by atoms with Crippen molar-refractivity contribution in [3.8, 4) is 0 Å². The molecule has 1 N–H and O–H groups in total. The zero-order valence-electron chi connectivity index (χ0n) is 12.2. The van der Waals surface area contributed by atoms with E-state index >= 15 is 0 Å². The molecule has 1 heteroatoms. The Morgan fingerprint density at radius 2 is 1.67 bits per heavy atom. The lowest BCUT2D eigenvalue weighted by molar-refractivity contribution is 0.141. The van der Waals surface area contributed by atoms with Crippen LogP contribution in [0.15, 0.2) is 0 Å². The molecule has 104 valence electrons. The molecule has 3 aliphatic rings. The summed E-state index contributed by atoms with van der Waals surface area (Å²) in [5, 5.41) is 3.92.